The molecule has 0 fully saturated rings. The summed E-state index contributed by atoms with van der Waals surface area (Å²) in [5.41, 5.74) is 2.17. The fourth-order valence-corrected chi connectivity index (χ4v) is 2.81. The molecule has 126 valence electrons. The molecule has 24 heavy (non-hydrogen) atoms. The van der Waals surface area contributed by atoms with Gasteiger partial charge in [0, 0.05) is 43.2 Å². The second kappa shape index (κ2) is 6.86. The molecule has 0 saturated heterocycles. The molecule has 0 aliphatic heterocycles. The molecule has 0 aliphatic carbocycles. The molecule has 2 heterocycles. The van der Waals surface area contributed by atoms with Gasteiger partial charge in [0.2, 0.25) is 5.91 Å². The molecule has 1 amide bonds. The van der Waals surface area contributed by atoms with Crippen LogP contribution in [0.15, 0.2) is 30.5 Å². The average Bonchev–Trinajstić information content (AvgIpc) is 3.15. The van der Waals surface area contributed by atoms with Crippen LogP contribution < -0.4 is 5.32 Å². The molecule has 0 atom stereocenters. The Kier molecular flexibility index (Phi) is 4.64. The summed E-state index contributed by atoms with van der Waals surface area (Å²) >= 11 is 0. The highest BCUT2D eigenvalue weighted by Gasteiger charge is 2.14. The number of nitrogens with zero attached hydrogens (tertiary/aromatic N) is 4. The van der Waals surface area contributed by atoms with Crippen LogP contribution in [-0.4, -0.2) is 25.2 Å². The first kappa shape index (κ1) is 16.2. The third-order valence-electron chi connectivity index (χ3n) is 4.14. The van der Waals surface area contributed by atoms with Gasteiger partial charge >= 0.3 is 0 Å². The summed E-state index contributed by atoms with van der Waals surface area (Å²) < 4.78 is 4.00. The minimum Gasteiger partial charge on any atom is -0.351 e. The van der Waals surface area contributed by atoms with Gasteiger partial charge in [-0.2, -0.15) is 5.10 Å². The van der Waals surface area contributed by atoms with Gasteiger partial charge in [-0.15, -0.1) is 0 Å². The largest absolute Gasteiger partial charge is 0.351 e. The van der Waals surface area contributed by atoms with Crippen molar-refractivity contribution in [2.45, 2.75) is 39.8 Å². The van der Waals surface area contributed by atoms with Gasteiger partial charge in [0.05, 0.1) is 6.54 Å². The van der Waals surface area contributed by atoms with Crippen LogP contribution in [-0.2, 0) is 24.9 Å². The van der Waals surface area contributed by atoms with Crippen molar-refractivity contribution in [2.24, 2.45) is 7.05 Å². The summed E-state index contributed by atoms with van der Waals surface area (Å²) in [6.45, 7) is 4.87. The highest BCUT2D eigenvalue weighted by Crippen LogP contribution is 2.27. The maximum Gasteiger partial charge on any atom is 0.217 e. The van der Waals surface area contributed by atoms with Gasteiger partial charge in [-0.1, -0.05) is 25.5 Å². The molecular weight excluding hydrogens is 302 g/mol. The predicted molar refractivity (Wildman–Crippen MR) is 94.4 cm³/mol. The van der Waals surface area contributed by atoms with Crippen LogP contribution >= 0.6 is 0 Å². The quantitative estimate of drug-likeness (QED) is 0.758. The van der Waals surface area contributed by atoms with Gasteiger partial charge in [-0.25, -0.2) is 9.67 Å². The molecule has 0 saturated carbocycles. The van der Waals surface area contributed by atoms with Gasteiger partial charge in [0.25, 0.3) is 0 Å². The zero-order valence-electron chi connectivity index (χ0n) is 14.4. The summed E-state index contributed by atoms with van der Waals surface area (Å²) in [5, 5.41) is 8.66. The zero-order chi connectivity index (χ0) is 17.1. The van der Waals surface area contributed by atoms with Gasteiger partial charge in [-0.3, -0.25) is 4.79 Å². The van der Waals surface area contributed by atoms with Crippen molar-refractivity contribution in [3.05, 3.63) is 36.3 Å². The minimum atomic E-state index is -0.0632. The molecule has 1 N–H and O–H groups in total. The molecule has 6 heteroatoms. The molecule has 0 aliphatic rings. The van der Waals surface area contributed by atoms with E-state index in [4.69, 9.17) is 10.1 Å². The molecule has 2 aromatic heterocycles. The number of carbonyl (C=O) groups is 1. The summed E-state index contributed by atoms with van der Waals surface area (Å²) in [4.78, 5) is 15.9. The van der Waals surface area contributed by atoms with Crippen LogP contribution in [0.2, 0.25) is 0 Å². The first-order valence-electron chi connectivity index (χ1n) is 8.32. The van der Waals surface area contributed by atoms with Crippen LogP contribution in [0.5, 0.6) is 0 Å². The third-order valence-corrected chi connectivity index (χ3v) is 4.14. The molecule has 0 bridgehead atoms. The van der Waals surface area contributed by atoms with E-state index in [1.165, 1.54) is 6.92 Å². The number of hydrogen-bond donors (Lipinski definition) is 1. The molecular formula is C18H23N5O. The fourth-order valence-electron chi connectivity index (χ4n) is 2.81. The molecule has 6 nitrogen and oxygen atoms in total. The van der Waals surface area contributed by atoms with E-state index in [-0.39, 0.29) is 5.91 Å². The zero-order valence-corrected chi connectivity index (χ0v) is 14.4. The number of amides is 1. The Morgan fingerprint density at radius 3 is 2.88 bits per heavy atom. The standard InChI is InChI=1S/C18H23N5O/c1-4-5-10-23-17(12-19-13(2)24)20-18(21-23)15-7-6-8-16-14(15)9-11-22(16)3/h6-9,11H,4-5,10,12H2,1-3H3,(H,19,24). The first-order valence-corrected chi connectivity index (χ1v) is 8.32. The van der Waals surface area contributed by atoms with Crippen LogP contribution in [0.25, 0.3) is 22.3 Å². The number of nitrogens with one attached hydrogen (secondary N) is 1. The van der Waals surface area contributed by atoms with E-state index >= 15 is 0 Å². The van der Waals surface area contributed by atoms with E-state index in [0.717, 1.165) is 41.7 Å². The van der Waals surface area contributed by atoms with Crippen LogP contribution in [0.1, 0.15) is 32.5 Å². The highest BCUT2D eigenvalue weighted by molar-refractivity contribution is 5.93. The summed E-state index contributed by atoms with van der Waals surface area (Å²) in [7, 11) is 2.03. The summed E-state index contributed by atoms with van der Waals surface area (Å²) in [6.07, 6.45) is 4.16. The van der Waals surface area contributed by atoms with Gasteiger partial charge in [0.15, 0.2) is 5.82 Å². The smallest absolute Gasteiger partial charge is 0.217 e. The number of aryl methyl sites for hydroxylation is 2. The number of carbonyl (C=O) groups excluding carboxylic acids is 1. The lowest BCUT2D eigenvalue weighted by atomic mass is 10.1. The fraction of sp³-hybridized carbons (Fsp3) is 0.389. The molecule has 0 unspecified atom stereocenters. The monoisotopic (exact) mass is 325 g/mol. The Bertz CT molecular complexity index is 862. The second-order valence-electron chi connectivity index (χ2n) is 6.00. The molecule has 0 spiro atoms. The van der Waals surface area contributed by atoms with Gasteiger partial charge < -0.3 is 9.88 Å². The van der Waals surface area contributed by atoms with Gasteiger partial charge in [-0.05, 0) is 18.6 Å². The number of unbranched alkanes of at least 4 members (excludes halogenated alkanes) is 1. The number of hydrogen-bond acceptors (Lipinski definition) is 3. The van der Waals surface area contributed by atoms with Crippen molar-refractivity contribution < 1.29 is 4.79 Å². The predicted octanol–water partition coefficient (Wildman–Crippen LogP) is 2.87. The van der Waals surface area contributed by atoms with Crippen molar-refractivity contribution in [3.8, 4) is 11.4 Å². The first-order chi connectivity index (χ1) is 11.6. The second-order valence-corrected chi connectivity index (χ2v) is 6.00. The van der Waals surface area contributed by atoms with Gasteiger partial charge in [0.1, 0.15) is 5.82 Å². The van der Waals surface area contributed by atoms with E-state index in [1.54, 1.807) is 0 Å². The van der Waals surface area contributed by atoms with Crippen molar-refractivity contribution in [1.82, 2.24) is 24.6 Å². The highest BCUT2D eigenvalue weighted by atomic mass is 16.1. The molecule has 3 aromatic rings. The Morgan fingerprint density at radius 1 is 1.29 bits per heavy atom. The summed E-state index contributed by atoms with van der Waals surface area (Å²) in [5.74, 6) is 1.44. The average molecular weight is 325 g/mol. The lowest BCUT2D eigenvalue weighted by molar-refractivity contribution is -0.119. The lowest BCUT2D eigenvalue weighted by Crippen LogP contribution is -2.22. The molecule has 0 radical (unpaired) electrons. The molecule has 3 rings (SSSR count). The van der Waals surface area contributed by atoms with Crippen molar-refractivity contribution in [3.63, 3.8) is 0 Å². The van der Waals surface area contributed by atoms with Crippen LogP contribution in [0.3, 0.4) is 0 Å². The van der Waals surface area contributed by atoms with Crippen molar-refractivity contribution in [1.29, 1.82) is 0 Å². The minimum absolute atomic E-state index is 0.0632. The SMILES string of the molecule is CCCCn1nc(-c2cccc3c2ccn3C)nc1CNC(C)=O. The van der Waals surface area contributed by atoms with Crippen molar-refractivity contribution in [2.75, 3.05) is 0 Å². The number of rotatable bonds is 6. The van der Waals surface area contributed by atoms with E-state index in [0.29, 0.717) is 12.4 Å². The maximum atomic E-state index is 11.2. The van der Waals surface area contributed by atoms with E-state index in [1.807, 2.05) is 30.1 Å². The van der Waals surface area contributed by atoms with E-state index in [9.17, 15) is 4.79 Å². The Labute approximate surface area is 141 Å². The maximum absolute atomic E-state index is 11.2. The Morgan fingerprint density at radius 2 is 2.12 bits per heavy atom. The van der Waals surface area contributed by atoms with Crippen LogP contribution in [0, 0.1) is 0 Å². The topological polar surface area (TPSA) is 64.7 Å². The number of aromatic nitrogens is 4. The third kappa shape index (κ3) is 3.18. The van der Waals surface area contributed by atoms with E-state index in [2.05, 4.69) is 28.9 Å². The number of benzene rings is 1. The van der Waals surface area contributed by atoms with E-state index < -0.39 is 0 Å². The summed E-state index contributed by atoms with van der Waals surface area (Å²) in [6, 6.07) is 8.25. The molecule has 1 aromatic carbocycles. The lowest BCUT2D eigenvalue weighted by Gasteiger charge is -2.04. The van der Waals surface area contributed by atoms with Crippen molar-refractivity contribution >= 4 is 16.8 Å². The number of fused-ring (bicyclic) bond motifs is 1. The Hall–Kier alpha value is -2.63. The Balaban J connectivity index is 2.01. The normalized spacial score (nSPS) is 11.1. The van der Waals surface area contributed by atoms with Crippen LogP contribution in [0.4, 0.5) is 0 Å².